The van der Waals surface area contributed by atoms with E-state index in [2.05, 4.69) is 31.7 Å². The third-order valence-electron chi connectivity index (χ3n) is 3.86. The van der Waals surface area contributed by atoms with Gasteiger partial charge in [0.05, 0.1) is 24.4 Å². The van der Waals surface area contributed by atoms with Crippen molar-refractivity contribution < 1.29 is 18.4 Å². The topological polar surface area (TPSA) is 61.2 Å². The molecule has 2 aromatic rings. The maximum atomic E-state index is 13.9. The summed E-state index contributed by atoms with van der Waals surface area (Å²) in [6, 6.07) is 7.35. The first kappa shape index (κ1) is 20.1. The fourth-order valence-electron chi connectivity index (χ4n) is 2.50. The van der Waals surface area contributed by atoms with E-state index in [0.717, 1.165) is 16.3 Å². The number of nitrogens with one attached hydrogen (secondary N) is 1. The maximum Gasteiger partial charge on any atom is 0.346 e. The first-order valence-electron chi connectivity index (χ1n) is 8.10. The summed E-state index contributed by atoms with van der Waals surface area (Å²) in [6.07, 6.45) is 1.90. The van der Waals surface area contributed by atoms with Gasteiger partial charge in [-0.1, -0.05) is 17.3 Å². The Morgan fingerprint density at radius 2 is 2.04 bits per heavy atom. The molecule has 1 N–H and O–H groups in total. The Morgan fingerprint density at radius 3 is 2.59 bits per heavy atom. The zero-order valence-electron chi connectivity index (χ0n) is 15.0. The van der Waals surface area contributed by atoms with Gasteiger partial charge in [-0.3, -0.25) is 10.3 Å². The second kappa shape index (κ2) is 7.76. The number of hydroxylamine groups is 1. The van der Waals surface area contributed by atoms with Crippen LogP contribution in [-0.4, -0.2) is 27.7 Å². The van der Waals surface area contributed by atoms with Crippen molar-refractivity contribution in [2.24, 2.45) is 0 Å². The number of ether oxygens (including phenoxy) is 1. The molecule has 2 heterocycles. The summed E-state index contributed by atoms with van der Waals surface area (Å²) in [7, 11) is 1.59. The molecule has 0 saturated heterocycles. The van der Waals surface area contributed by atoms with Gasteiger partial charge in [0.25, 0.3) is 0 Å². The Bertz CT molecular complexity index is 834. The third kappa shape index (κ3) is 4.99. The SMILES string of the molecule is COc1ccc(Cn2nnc(C(F)(F)Br)c2CSC2=CC(C)(C)ON2)cc1. The van der Waals surface area contributed by atoms with Crippen LogP contribution in [0.15, 0.2) is 35.4 Å². The van der Waals surface area contributed by atoms with Gasteiger partial charge in [0.2, 0.25) is 0 Å². The van der Waals surface area contributed by atoms with Crippen LogP contribution in [0, 0.1) is 0 Å². The number of nitrogens with zero attached hydrogens (tertiary/aromatic N) is 3. The maximum absolute atomic E-state index is 13.9. The summed E-state index contributed by atoms with van der Waals surface area (Å²) in [5.74, 6) is 0.987. The van der Waals surface area contributed by atoms with Crippen LogP contribution in [0.2, 0.25) is 0 Å². The van der Waals surface area contributed by atoms with Gasteiger partial charge in [-0.25, -0.2) is 4.68 Å². The molecule has 10 heteroatoms. The number of benzene rings is 1. The summed E-state index contributed by atoms with van der Waals surface area (Å²) < 4.78 is 34.4. The summed E-state index contributed by atoms with van der Waals surface area (Å²) in [4.78, 5) is 2.14. The highest BCUT2D eigenvalue weighted by molar-refractivity contribution is 9.09. The fraction of sp³-hybridized carbons (Fsp3) is 0.412. The van der Waals surface area contributed by atoms with Gasteiger partial charge in [0.1, 0.15) is 11.4 Å². The number of thioether (sulfide) groups is 1. The Balaban J connectivity index is 1.82. The first-order valence-corrected chi connectivity index (χ1v) is 9.88. The minimum Gasteiger partial charge on any atom is -0.497 e. The lowest BCUT2D eigenvalue weighted by Crippen LogP contribution is -2.20. The number of aromatic nitrogens is 3. The standard InChI is InChI=1S/C17H19BrF2N4O2S/c1-16(2)8-14(22-26-16)27-10-13-15(17(18,19)20)21-23-24(13)9-11-4-6-12(25-3)7-5-11/h4-8,22H,9-10H2,1-3H3. The Hall–Kier alpha value is -1.65. The lowest BCUT2D eigenvalue weighted by atomic mass is 10.1. The van der Waals surface area contributed by atoms with Crippen molar-refractivity contribution in [3.63, 3.8) is 0 Å². The molecule has 0 unspecified atom stereocenters. The molecule has 1 aliphatic rings. The van der Waals surface area contributed by atoms with E-state index in [1.165, 1.54) is 16.4 Å². The van der Waals surface area contributed by atoms with Crippen LogP contribution in [0.1, 0.15) is 30.8 Å². The van der Waals surface area contributed by atoms with Gasteiger partial charge in [0, 0.05) is 5.75 Å². The number of alkyl halides is 3. The van der Waals surface area contributed by atoms with Crippen molar-refractivity contribution in [2.45, 2.75) is 36.6 Å². The number of hydrogen-bond donors (Lipinski definition) is 1. The van der Waals surface area contributed by atoms with Crippen LogP contribution in [-0.2, 0) is 22.0 Å². The Kier molecular flexibility index (Phi) is 5.78. The molecule has 1 aromatic heterocycles. The van der Waals surface area contributed by atoms with Gasteiger partial charge in [-0.05, 0) is 53.5 Å². The van der Waals surface area contributed by atoms with E-state index in [0.29, 0.717) is 12.2 Å². The molecule has 1 aliphatic heterocycles. The molecule has 1 aromatic carbocycles. The van der Waals surface area contributed by atoms with Crippen molar-refractivity contribution in [2.75, 3.05) is 7.11 Å². The van der Waals surface area contributed by atoms with Gasteiger partial charge >= 0.3 is 4.83 Å². The lowest BCUT2D eigenvalue weighted by Gasteiger charge is -2.12. The molecule has 0 radical (unpaired) electrons. The molecule has 0 atom stereocenters. The van der Waals surface area contributed by atoms with Crippen LogP contribution in [0.25, 0.3) is 0 Å². The summed E-state index contributed by atoms with van der Waals surface area (Å²) >= 11 is 3.75. The van der Waals surface area contributed by atoms with Crippen LogP contribution in [0.3, 0.4) is 0 Å². The molecule has 6 nitrogen and oxygen atoms in total. The average Bonchev–Trinajstić information content (AvgIpc) is 3.16. The van der Waals surface area contributed by atoms with Gasteiger partial charge < -0.3 is 4.74 Å². The molecule has 3 rings (SSSR count). The largest absolute Gasteiger partial charge is 0.497 e. The van der Waals surface area contributed by atoms with Crippen molar-refractivity contribution in [1.82, 2.24) is 20.5 Å². The van der Waals surface area contributed by atoms with E-state index in [1.807, 2.05) is 44.2 Å². The smallest absolute Gasteiger partial charge is 0.346 e. The van der Waals surface area contributed by atoms with Crippen LogP contribution >= 0.6 is 27.7 Å². The summed E-state index contributed by atoms with van der Waals surface area (Å²) in [5, 5.41) is 8.40. The second-order valence-electron chi connectivity index (χ2n) is 6.49. The predicted octanol–water partition coefficient (Wildman–Crippen LogP) is 4.17. The highest BCUT2D eigenvalue weighted by atomic mass is 79.9. The van der Waals surface area contributed by atoms with Crippen LogP contribution in [0.4, 0.5) is 8.78 Å². The fourth-order valence-corrected chi connectivity index (χ4v) is 3.85. The summed E-state index contributed by atoms with van der Waals surface area (Å²) in [6.45, 7) is 4.13. The second-order valence-corrected chi connectivity index (χ2v) is 8.51. The van der Waals surface area contributed by atoms with Crippen molar-refractivity contribution in [1.29, 1.82) is 0 Å². The van der Waals surface area contributed by atoms with E-state index in [9.17, 15) is 8.78 Å². The molecule has 27 heavy (non-hydrogen) atoms. The lowest BCUT2D eigenvalue weighted by molar-refractivity contribution is -0.0126. The van der Waals surface area contributed by atoms with Gasteiger partial charge in [-0.2, -0.15) is 8.78 Å². The minimum absolute atomic E-state index is 0.262. The summed E-state index contributed by atoms with van der Waals surface area (Å²) in [5.41, 5.74) is 3.23. The zero-order valence-corrected chi connectivity index (χ0v) is 17.4. The van der Waals surface area contributed by atoms with Crippen LogP contribution < -0.4 is 10.2 Å². The Morgan fingerprint density at radius 1 is 1.33 bits per heavy atom. The normalized spacial score (nSPS) is 16.1. The van der Waals surface area contributed by atoms with E-state index >= 15 is 0 Å². The monoisotopic (exact) mass is 460 g/mol. The molecule has 0 fully saturated rings. The highest BCUT2D eigenvalue weighted by Gasteiger charge is 2.36. The van der Waals surface area contributed by atoms with Crippen molar-refractivity contribution in [3.05, 3.63) is 52.3 Å². The number of halogens is 3. The molecular formula is C17H19BrF2N4O2S. The van der Waals surface area contributed by atoms with Crippen molar-refractivity contribution >= 4 is 27.7 Å². The molecule has 0 amide bonds. The average molecular weight is 461 g/mol. The third-order valence-corrected chi connectivity index (χ3v) is 5.16. The number of methoxy groups -OCH3 is 1. The van der Waals surface area contributed by atoms with E-state index < -0.39 is 10.4 Å². The number of hydrogen-bond acceptors (Lipinski definition) is 6. The number of rotatable bonds is 7. The van der Waals surface area contributed by atoms with Crippen LogP contribution in [0.5, 0.6) is 5.75 Å². The van der Waals surface area contributed by atoms with Gasteiger partial charge in [0.15, 0.2) is 5.69 Å². The van der Waals surface area contributed by atoms with Crippen molar-refractivity contribution in [3.8, 4) is 5.75 Å². The molecule has 0 bridgehead atoms. The first-order chi connectivity index (χ1) is 12.7. The highest BCUT2D eigenvalue weighted by Crippen LogP contribution is 2.37. The predicted molar refractivity (Wildman–Crippen MR) is 103 cm³/mol. The van der Waals surface area contributed by atoms with E-state index in [1.54, 1.807) is 7.11 Å². The molecule has 146 valence electrons. The van der Waals surface area contributed by atoms with Gasteiger partial charge in [-0.15, -0.1) is 16.9 Å². The zero-order chi connectivity index (χ0) is 19.7. The molecular weight excluding hydrogens is 442 g/mol. The molecule has 0 spiro atoms. The molecule has 0 aliphatic carbocycles. The van der Waals surface area contributed by atoms with E-state index in [4.69, 9.17) is 9.57 Å². The molecule has 0 saturated carbocycles. The Labute approximate surface area is 168 Å². The quantitative estimate of drug-likeness (QED) is 0.625. The van der Waals surface area contributed by atoms with E-state index in [-0.39, 0.29) is 11.4 Å². The minimum atomic E-state index is -3.26.